The highest BCUT2D eigenvalue weighted by Gasteiger charge is 2.16. The van der Waals surface area contributed by atoms with Crippen LogP contribution in [0.4, 0.5) is 0 Å². The molecule has 0 aromatic heterocycles. The van der Waals surface area contributed by atoms with Gasteiger partial charge in [0.05, 0.1) is 0 Å². The second kappa shape index (κ2) is 5.68. The summed E-state index contributed by atoms with van der Waals surface area (Å²) in [6.07, 6.45) is 7.36. The molecule has 14 heavy (non-hydrogen) atoms. The minimum absolute atomic E-state index is 0.150. The van der Waals surface area contributed by atoms with Crippen LogP contribution in [0.15, 0.2) is 11.8 Å². The Labute approximate surface area is 85.5 Å². The molecule has 80 valence electrons. The van der Waals surface area contributed by atoms with Gasteiger partial charge in [0.15, 0.2) is 0 Å². The van der Waals surface area contributed by atoms with Crippen LogP contribution in [0.2, 0.25) is 0 Å². The van der Waals surface area contributed by atoms with Gasteiger partial charge in [0, 0.05) is 18.8 Å². The van der Waals surface area contributed by atoms with E-state index >= 15 is 0 Å². The summed E-state index contributed by atoms with van der Waals surface area (Å²) in [7, 11) is 1.79. The van der Waals surface area contributed by atoms with Gasteiger partial charge >= 0.3 is 5.97 Å². The van der Waals surface area contributed by atoms with E-state index in [1.165, 1.54) is 25.3 Å². The first kappa shape index (κ1) is 11.1. The molecule has 0 radical (unpaired) electrons. The van der Waals surface area contributed by atoms with E-state index in [9.17, 15) is 4.79 Å². The largest absolute Gasteiger partial charge is 0.459 e. The third-order valence-electron chi connectivity index (χ3n) is 2.56. The van der Waals surface area contributed by atoms with Crippen molar-refractivity contribution in [3.05, 3.63) is 11.8 Å². The Hall–Kier alpha value is -0.990. The maximum Gasteiger partial charge on any atom is 0.332 e. The minimum atomic E-state index is -0.219. The van der Waals surface area contributed by atoms with Gasteiger partial charge in [-0.1, -0.05) is 6.42 Å². The molecule has 0 aliphatic heterocycles. The molecule has 0 atom stereocenters. The predicted octanol–water partition coefficient (Wildman–Crippen LogP) is 1.99. The number of nitrogens with one attached hydrogen (secondary N) is 1. The Morgan fingerprint density at radius 1 is 1.36 bits per heavy atom. The first-order valence-corrected chi connectivity index (χ1v) is 5.29. The molecule has 0 spiro atoms. The van der Waals surface area contributed by atoms with Crippen LogP contribution in [0.25, 0.3) is 0 Å². The summed E-state index contributed by atoms with van der Waals surface area (Å²) in [4.78, 5) is 11.3. The molecule has 0 aromatic rings. The quantitative estimate of drug-likeness (QED) is 0.555. The Morgan fingerprint density at radius 3 is 2.57 bits per heavy atom. The maximum atomic E-state index is 11.3. The molecule has 0 aromatic carbocycles. The third kappa shape index (κ3) is 3.81. The normalized spacial score (nSPS) is 19.1. The molecule has 1 aliphatic rings. The predicted molar refractivity (Wildman–Crippen MR) is 55.8 cm³/mol. The maximum absolute atomic E-state index is 11.3. The van der Waals surface area contributed by atoms with E-state index in [0.29, 0.717) is 0 Å². The molecule has 0 unspecified atom stereocenters. The first-order chi connectivity index (χ1) is 6.72. The van der Waals surface area contributed by atoms with E-state index in [2.05, 4.69) is 5.32 Å². The number of carbonyl (C=O) groups is 1. The summed E-state index contributed by atoms with van der Waals surface area (Å²) in [5.41, 5.74) is 0.839. The molecule has 0 bridgehead atoms. The zero-order valence-corrected chi connectivity index (χ0v) is 9.01. The van der Waals surface area contributed by atoms with Gasteiger partial charge in [-0.25, -0.2) is 4.79 Å². The minimum Gasteiger partial charge on any atom is -0.459 e. The monoisotopic (exact) mass is 197 g/mol. The van der Waals surface area contributed by atoms with Crippen LogP contribution in [-0.4, -0.2) is 19.1 Å². The van der Waals surface area contributed by atoms with Gasteiger partial charge in [0.2, 0.25) is 0 Å². The van der Waals surface area contributed by atoms with E-state index < -0.39 is 0 Å². The molecule has 3 nitrogen and oxygen atoms in total. The highest BCUT2D eigenvalue weighted by atomic mass is 16.5. The molecule has 1 N–H and O–H groups in total. The van der Waals surface area contributed by atoms with Gasteiger partial charge in [0.25, 0.3) is 0 Å². The van der Waals surface area contributed by atoms with E-state index in [0.717, 1.165) is 18.5 Å². The molecule has 0 amide bonds. The fraction of sp³-hybridized carbons (Fsp3) is 0.727. The molecule has 1 rings (SSSR count). The van der Waals surface area contributed by atoms with Crippen molar-refractivity contribution in [1.82, 2.24) is 5.32 Å². The number of rotatable bonds is 3. The number of hydrogen-bond donors (Lipinski definition) is 1. The van der Waals surface area contributed by atoms with E-state index in [-0.39, 0.29) is 12.1 Å². The molecule has 1 aliphatic carbocycles. The van der Waals surface area contributed by atoms with E-state index in [4.69, 9.17) is 4.74 Å². The van der Waals surface area contributed by atoms with Crippen molar-refractivity contribution in [3.63, 3.8) is 0 Å². The van der Waals surface area contributed by atoms with Crippen molar-refractivity contribution in [2.45, 2.75) is 45.1 Å². The lowest BCUT2D eigenvalue weighted by molar-refractivity contribution is -0.144. The summed E-state index contributed by atoms with van der Waals surface area (Å²) in [5, 5.41) is 2.89. The van der Waals surface area contributed by atoms with Crippen LogP contribution in [0.1, 0.15) is 39.0 Å². The van der Waals surface area contributed by atoms with Crippen LogP contribution in [0.3, 0.4) is 0 Å². The summed E-state index contributed by atoms with van der Waals surface area (Å²) >= 11 is 0. The summed E-state index contributed by atoms with van der Waals surface area (Å²) in [6, 6.07) is 0. The number of carbonyl (C=O) groups excluding carboxylic acids is 1. The molecule has 0 saturated heterocycles. The van der Waals surface area contributed by atoms with Crippen LogP contribution >= 0.6 is 0 Å². The lowest BCUT2D eigenvalue weighted by Crippen LogP contribution is -2.20. The average molecular weight is 197 g/mol. The number of allylic oxidation sites excluding steroid dienone is 1. The van der Waals surface area contributed by atoms with Gasteiger partial charge in [-0.05, 0) is 32.6 Å². The zero-order chi connectivity index (χ0) is 10.4. The summed E-state index contributed by atoms with van der Waals surface area (Å²) in [5.74, 6) is -0.219. The first-order valence-electron chi connectivity index (χ1n) is 5.29. The van der Waals surface area contributed by atoms with Crippen LogP contribution < -0.4 is 5.32 Å². The van der Waals surface area contributed by atoms with Crippen LogP contribution in [-0.2, 0) is 9.53 Å². The second-order valence-corrected chi connectivity index (χ2v) is 3.77. The van der Waals surface area contributed by atoms with Crippen LogP contribution in [0.5, 0.6) is 0 Å². The molecular weight excluding hydrogens is 178 g/mol. The fourth-order valence-electron chi connectivity index (χ4n) is 1.63. The average Bonchev–Trinajstić information content (AvgIpc) is 2.19. The van der Waals surface area contributed by atoms with Crippen molar-refractivity contribution in [2.75, 3.05) is 7.05 Å². The second-order valence-electron chi connectivity index (χ2n) is 3.77. The SMILES string of the molecule is CN/C(C)=C\C(=O)OC1CCCCC1. The van der Waals surface area contributed by atoms with Gasteiger partial charge in [0.1, 0.15) is 6.10 Å². The third-order valence-corrected chi connectivity index (χ3v) is 2.56. The lowest BCUT2D eigenvalue weighted by Gasteiger charge is -2.21. The smallest absolute Gasteiger partial charge is 0.332 e. The number of esters is 1. The molecule has 1 saturated carbocycles. The zero-order valence-electron chi connectivity index (χ0n) is 9.01. The highest BCUT2D eigenvalue weighted by molar-refractivity contribution is 5.82. The Kier molecular flexibility index (Phi) is 4.50. The number of hydrogen-bond acceptors (Lipinski definition) is 3. The van der Waals surface area contributed by atoms with Crippen molar-refractivity contribution >= 4 is 5.97 Å². The lowest BCUT2D eigenvalue weighted by atomic mass is 9.98. The van der Waals surface area contributed by atoms with Gasteiger partial charge in [-0.15, -0.1) is 0 Å². The van der Waals surface area contributed by atoms with Gasteiger partial charge in [-0.3, -0.25) is 0 Å². The Bertz CT molecular complexity index is 217. The van der Waals surface area contributed by atoms with E-state index in [1.807, 2.05) is 6.92 Å². The van der Waals surface area contributed by atoms with E-state index in [1.54, 1.807) is 7.05 Å². The fourth-order valence-corrected chi connectivity index (χ4v) is 1.63. The standard InChI is InChI=1S/C11H19NO2/c1-9(12-2)8-11(13)14-10-6-4-3-5-7-10/h8,10,12H,3-7H2,1-2H3/b9-8-. The molecule has 1 fully saturated rings. The van der Waals surface area contributed by atoms with Gasteiger partial charge < -0.3 is 10.1 Å². The molecular formula is C11H19NO2. The van der Waals surface area contributed by atoms with Crippen molar-refractivity contribution in [2.24, 2.45) is 0 Å². The summed E-state index contributed by atoms with van der Waals surface area (Å²) < 4.78 is 5.31. The van der Waals surface area contributed by atoms with Crippen molar-refractivity contribution < 1.29 is 9.53 Å². The Morgan fingerprint density at radius 2 is 2.00 bits per heavy atom. The highest BCUT2D eigenvalue weighted by Crippen LogP contribution is 2.20. The summed E-state index contributed by atoms with van der Waals surface area (Å²) in [6.45, 7) is 1.85. The van der Waals surface area contributed by atoms with Gasteiger partial charge in [-0.2, -0.15) is 0 Å². The van der Waals surface area contributed by atoms with Crippen LogP contribution in [0, 0.1) is 0 Å². The molecule has 0 heterocycles. The number of ether oxygens (including phenoxy) is 1. The van der Waals surface area contributed by atoms with Crippen molar-refractivity contribution in [3.8, 4) is 0 Å². The Balaban J connectivity index is 2.32. The van der Waals surface area contributed by atoms with Crippen molar-refractivity contribution in [1.29, 1.82) is 0 Å². The topological polar surface area (TPSA) is 38.3 Å². The molecule has 3 heteroatoms.